The largest absolute Gasteiger partial charge is 0.357 e. The van der Waals surface area contributed by atoms with Crippen LogP contribution in [-0.2, 0) is 4.84 Å². The van der Waals surface area contributed by atoms with Gasteiger partial charge in [-0.05, 0) is 6.42 Å². The molecule has 4 heteroatoms. The van der Waals surface area contributed by atoms with Gasteiger partial charge in [0, 0.05) is 0 Å². The third-order valence-corrected chi connectivity index (χ3v) is 1.01. The lowest BCUT2D eigenvalue weighted by molar-refractivity contribution is 0.0613. The van der Waals surface area contributed by atoms with Gasteiger partial charge in [0.15, 0.2) is 0 Å². The molecule has 1 radical (unpaired) electrons. The van der Waals surface area contributed by atoms with Gasteiger partial charge in [-0.1, -0.05) is 19.8 Å². The second-order valence-corrected chi connectivity index (χ2v) is 1.99. The molecule has 0 atom stereocenters. The van der Waals surface area contributed by atoms with Crippen molar-refractivity contribution in [2.75, 3.05) is 6.61 Å². The molecule has 0 aromatic rings. The molecule has 0 unspecified atom stereocenters. The van der Waals surface area contributed by atoms with Gasteiger partial charge in [0.05, 0.1) is 6.61 Å². The normalized spacial score (nSPS) is 9.30. The molecule has 0 rings (SSSR count). The highest BCUT2D eigenvalue weighted by Crippen LogP contribution is 1.92. The standard InChI is InChI=1S/C6H13N2O2/c1-2-3-4-5-10-8-6(7)9/h7H,2-5H2,1H3,(H,8,9). The van der Waals surface area contributed by atoms with E-state index in [1.165, 1.54) is 0 Å². The number of hydroxylamine groups is 1. The minimum Gasteiger partial charge on any atom is -0.272 e. The van der Waals surface area contributed by atoms with Gasteiger partial charge in [-0.15, -0.1) is 0 Å². The van der Waals surface area contributed by atoms with E-state index in [1.807, 2.05) is 5.48 Å². The van der Waals surface area contributed by atoms with Crippen molar-refractivity contribution >= 4 is 6.03 Å². The summed E-state index contributed by atoms with van der Waals surface area (Å²) in [5.41, 5.74) is 8.32. The lowest BCUT2D eigenvalue weighted by Crippen LogP contribution is -2.22. The average molecular weight is 145 g/mol. The topological polar surface area (TPSA) is 62.1 Å². The summed E-state index contributed by atoms with van der Waals surface area (Å²) in [6.07, 6.45) is 3.14. The molecule has 2 amide bonds. The number of hydrogen-bond acceptors (Lipinski definition) is 2. The van der Waals surface area contributed by atoms with E-state index in [9.17, 15) is 4.79 Å². The molecule has 59 valence electrons. The highest BCUT2D eigenvalue weighted by atomic mass is 16.7. The van der Waals surface area contributed by atoms with Crippen LogP contribution in [0.2, 0.25) is 0 Å². The summed E-state index contributed by atoms with van der Waals surface area (Å²) in [6.45, 7) is 2.58. The summed E-state index contributed by atoms with van der Waals surface area (Å²) < 4.78 is 0. The van der Waals surface area contributed by atoms with Crippen LogP contribution in [0.5, 0.6) is 0 Å². The fourth-order valence-corrected chi connectivity index (χ4v) is 0.541. The first kappa shape index (κ1) is 9.23. The van der Waals surface area contributed by atoms with Crippen LogP contribution in [0.15, 0.2) is 0 Å². The second kappa shape index (κ2) is 6.35. The Bertz CT molecular complexity index is 95.7. The fraction of sp³-hybridized carbons (Fsp3) is 0.833. The van der Waals surface area contributed by atoms with Crippen LogP contribution >= 0.6 is 0 Å². The monoisotopic (exact) mass is 145 g/mol. The SMILES string of the molecule is CCCCCONC([NH])=O. The summed E-state index contributed by atoms with van der Waals surface area (Å²) in [4.78, 5) is 14.5. The number of urea groups is 1. The van der Waals surface area contributed by atoms with Crippen molar-refractivity contribution in [2.24, 2.45) is 0 Å². The molecule has 0 saturated heterocycles. The summed E-state index contributed by atoms with van der Waals surface area (Å²) in [7, 11) is 0. The molecule has 0 aliphatic carbocycles. The van der Waals surface area contributed by atoms with Crippen molar-refractivity contribution in [3.05, 3.63) is 0 Å². The van der Waals surface area contributed by atoms with Gasteiger partial charge in [0.2, 0.25) is 0 Å². The van der Waals surface area contributed by atoms with Crippen LogP contribution in [0.1, 0.15) is 26.2 Å². The molecule has 0 spiro atoms. The van der Waals surface area contributed by atoms with E-state index in [-0.39, 0.29) is 0 Å². The molecule has 0 saturated carbocycles. The number of carbonyl (C=O) groups excluding carboxylic acids is 1. The molecular weight excluding hydrogens is 132 g/mol. The van der Waals surface area contributed by atoms with Crippen molar-refractivity contribution in [3.8, 4) is 0 Å². The number of hydrogen-bond donors (Lipinski definition) is 1. The van der Waals surface area contributed by atoms with Gasteiger partial charge in [-0.25, -0.2) is 16.0 Å². The zero-order chi connectivity index (χ0) is 7.82. The van der Waals surface area contributed by atoms with Crippen molar-refractivity contribution in [1.82, 2.24) is 11.2 Å². The van der Waals surface area contributed by atoms with Crippen LogP contribution < -0.4 is 11.2 Å². The van der Waals surface area contributed by atoms with Crippen LogP contribution in [-0.4, -0.2) is 12.6 Å². The zero-order valence-corrected chi connectivity index (χ0v) is 6.14. The molecule has 4 nitrogen and oxygen atoms in total. The van der Waals surface area contributed by atoms with Gasteiger partial charge in [-0.2, -0.15) is 0 Å². The Morgan fingerprint density at radius 2 is 2.30 bits per heavy atom. The maximum absolute atomic E-state index is 9.91. The Labute approximate surface area is 60.7 Å². The number of rotatable bonds is 5. The van der Waals surface area contributed by atoms with Gasteiger partial charge >= 0.3 is 6.03 Å². The minimum absolute atomic E-state index is 0.498. The average Bonchev–Trinajstić information content (AvgIpc) is 1.87. The molecule has 0 aliphatic rings. The van der Waals surface area contributed by atoms with E-state index in [0.29, 0.717) is 6.61 Å². The maximum atomic E-state index is 9.91. The fourth-order valence-electron chi connectivity index (χ4n) is 0.541. The van der Waals surface area contributed by atoms with Crippen molar-refractivity contribution in [2.45, 2.75) is 26.2 Å². The molecule has 0 aliphatic heterocycles. The molecule has 0 heterocycles. The number of unbranched alkanes of at least 4 members (excludes halogenated alkanes) is 2. The lowest BCUT2D eigenvalue weighted by Gasteiger charge is -2.00. The first-order chi connectivity index (χ1) is 4.77. The molecule has 2 N–H and O–H groups in total. The Morgan fingerprint density at radius 3 is 2.80 bits per heavy atom. The lowest BCUT2D eigenvalue weighted by atomic mass is 10.3. The van der Waals surface area contributed by atoms with Gasteiger partial charge in [0.25, 0.3) is 0 Å². The Morgan fingerprint density at radius 1 is 1.60 bits per heavy atom. The summed E-state index contributed by atoms with van der Waals surface area (Å²) >= 11 is 0. The van der Waals surface area contributed by atoms with Crippen LogP contribution in [0.25, 0.3) is 0 Å². The Balaban J connectivity index is 2.84. The number of amides is 2. The highest BCUT2D eigenvalue weighted by Gasteiger charge is 1.90. The first-order valence-electron chi connectivity index (χ1n) is 3.40. The molecule has 0 fully saturated rings. The quantitative estimate of drug-likeness (QED) is 0.465. The van der Waals surface area contributed by atoms with E-state index in [1.54, 1.807) is 0 Å². The molecule has 0 bridgehead atoms. The van der Waals surface area contributed by atoms with E-state index in [0.717, 1.165) is 19.3 Å². The van der Waals surface area contributed by atoms with Crippen molar-refractivity contribution in [1.29, 1.82) is 0 Å². The first-order valence-corrected chi connectivity index (χ1v) is 3.40. The molecule has 0 aromatic heterocycles. The smallest absolute Gasteiger partial charge is 0.272 e. The predicted molar refractivity (Wildman–Crippen MR) is 37.1 cm³/mol. The predicted octanol–water partition coefficient (Wildman–Crippen LogP) is 1.10. The van der Waals surface area contributed by atoms with E-state index >= 15 is 0 Å². The Kier molecular flexibility index (Phi) is 5.86. The molecular formula is C6H13N2O2. The Hall–Kier alpha value is -0.770. The van der Waals surface area contributed by atoms with Crippen LogP contribution in [0.3, 0.4) is 0 Å². The van der Waals surface area contributed by atoms with Gasteiger partial charge in [0.1, 0.15) is 0 Å². The minimum atomic E-state index is -0.892. The summed E-state index contributed by atoms with van der Waals surface area (Å²) in [6, 6.07) is -0.892. The third-order valence-electron chi connectivity index (χ3n) is 1.01. The third kappa shape index (κ3) is 7.23. The van der Waals surface area contributed by atoms with E-state index in [2.05, 4.69) is 11.8 Å². The summed E-state index contributed by atoms with van der Waals surface area (Å²) in [5, 5.41) is 0. The van der Waals surface area contributed by atoms with E-state index < -0.39 is 6.03 Å². The van der Waals surface area contributed by atoms with Crippen LogP contribution in [0.4, 0.5) is 4.79 Å². The van der Waals surface area contributed by atoms with Crippen LogP contribution in [0, 0.1) is 0 Å². The maximum Gasteiger partial charge on any atom is 0.357 e. The molecule has 0 aromatic carbocycles. The highest BCUT2D eigenvalue weighted by molar-refractivity contribution is 5.69. The number of nitrogens with one attached hydrogen (secondary N) is 2. The van der Waals surface area contributed by atoms with Gasteiger partial charge < -0.3 is 0 Å². The summed E-state index contributed by atoms with van der Waals surface area (Å²) in [5.74, 6) is 0. The molecule has 10 heavy (non-hydrogen) atoms. The second-order valence-electron chi connectivity index (χ2n) is 1.99. The van der Waals surface area contributed by atoms with Crippen molar-refractivity contribution < 1.29 is 9.63 Å². The zero-order valence-electron chi connectivity index (χ0n) is 6.14. The van der Waals surface area contributed by atoms with Crippen molar-refractivity contribution in [3.63, 3.8) is 0 Å². The van der Waals surface area contributed by atoms with Gasteiger partial charge in [-0.3, -0.25) is 4.84 Å². The van der Waals surface area contributed by atoms with E-state index in [4.69, 9.17) is 5.73 Å². The number of carbonyl (C=O) groups is 1.